The second-order valence-electron chi connectivity index (χ2n) is 7.40. The quantitative estimate of drug-likeness (QED) is 0.838. The van der Waals surface area contributed by atoms with Crippen LogP contribution in [0.3, 0.4) is 0 Å². The van der Waals surface area contributed by atoms with Crippen molar-refractivity contribution in [1.82, 2.24) is 10.2 Å². The van der Waals surface area contributed by atoms with Crippen LogP contribution in [0.1, 0.15) is 42.5 Å². The number of hydrogen-bond acceptors (Lipinski definition) is 2. The van der Waals surface area contributed by atoms with E-state index in [1.54, 1.807) is 6.92 Å². The van der Waals surface area contributed by atoms with Gasteiger partial charge in [0.25, 0.3) is 0 Å². The number of likely N-dealkylation sites (tertiary alicyclic amines) is 1. The molecule has 1 saturated heterocycles. The number of aryl methyl sites for hydroxylation is 2. The number of fused-ring (bicyclic) bond motifs is 1. The minimum atomic E-state index is -4.65. The number of amides is 2. The average Bonchev–Trinajstić information content (AvgIpc) is 3.07. The number of carbonyl (C=O) groups is 2. The number of carbonyl (C=O) groups excluding carboxylic acids is 1. The van der Waals surface area contributed by atoms with Crippen molar-refractivity contribution in [2.45, 2.75) is 44.8 Å². The summed E-state index contributed by atoms with van der Waals surface area (Å²) in [7, 11) is 0. The number of rotatable bonds is 3. The minimum absolute atomic E-state index is 0.377. The molecular weight excluding hydrogens is 361 g/mol. The fraction of sp³-hybridized carbons (Fsp3) is 0.579. The van der Waals surface area contributed by atoms with Gasteiger partial charge in [0.2, 0.25) is 0 Å². The third-order valence-electron chi connectivity index (χ3n) is 5.56. The summed E-state index contributed by atoms with van der Waals surface area (Å²) in [4.78, 5) is 24.5. The fourth-order valence-electron chi connectivity index (χ4n) is 3.93. The molecule has 1 fully saturated rings. The number of halogens is 3. The molecule has 3 rings (SSSR count). The summed E-state index contributed by atoms with van der Waals surface area (Å²) in [6, 6.07) is 4.97. The first-order valence-electron chi connectivity index (χ1n) is 9.13. The molecule has 148 valence electrons. The van der Waals surface area contributed by atoms with Crippen molar-refractivity contribution in [1.29, 1.82) is 0 Å². The summed E-state index contributed by atoms with van der Waals surface area (Å²) in [6.45, 7) is 0.694. The summed E-state index contributed by atoms with van der Waals surface area (Å²) in [5.41, 5.74) is 3.45. The van der Waals surface area contributed by atoms with Gasteiger partial charge in [-0.15, -0.1) is 0 Å². The van der Waals surface area contributed by atoms with Crippen LogP contribution in [-0.2, 0) is 17.6 Å². The van der Waals surface area contributed by atoms with Gasteiger partial charge in [-0.3, -0.25) is 4.79 Å². The van der Waals surface area contributed by atoms with Gasteiger partial charge < -0.3 is 15.3 Å². The third kappa shape index (κ3) is 4.20. The van der Waals surface area contributed by atoms with Crippen LogP contribution in [0.4, 0.5) is 18.0 Å². The maximum atomic E-state index is 13.1. The predicted octanol–water partition coefficient (Wildman–Crippen LogP) is 3.53. The molecule has 5 nitrogen and oxygen atoms in total. The molecule has 2 aliphatic rings. The number of nitrogens with zero attached hydrogens (tertiary/aromatic N) is 1. The van der Waals surface area contributed by atoms with Gasteiger partial charge in [0.05, 0.1) is 17.9 Å². The largest absolute Gasteiger partial charge is 0.481 e. The Bertz CT molecular complexity index is 735. The number of aliphatic carboxylic acids is 1. The van der Waals surface area contributed by atoms with Crippen LogP contribution in [0.15, 0.2) is 18.2 Å². The van der Waals surface area contributed by atoms with Crippen molar-refractivity contribution in [3.05, 3.63) is 34.9 Å². The molecule has 0 unspecified atom stereocenters. The van der Waals surface area contributed by atoms with Gasteiger partial charge >= 0.3 is 18.2 Å². The van der Waals surface area contributed by atoms with Crippen LogP contribution in [0.25, 0.3) is 0 Å². The fourth-order valence-corrected chi connectivity index (χ4v) is 3.93. The first-order valence-corrected chi connectivity index (χ1v) is 9.13. The van der Waals surface area contributed by atoms with Gasteiger partial charge in [-0.25, -0.2) is 4.79 Å². The van der Waals surface area contributed by atoms with E-state index in [9.17, 15) is 22.8 Å². The molecule has 0 spiro atoms. The third-order valence-corrected chi connectivity index (χ3v) is 5.56. The Morgan fingerprint density at radius 3 is 2.44 bits per heavy atom. The lowest BCUT2D eigenvalue weighted by Crippen LogP contribution is -2.40. The Morgan fingerprint density at radius 2 is 1.85 bits per heavy atom. The van der Waals surface area contributed by atoms with Gasteiger partial charge in [-0.05, 0) is 49.3 Å². The van der Waals surface area contributed by atoms with Gasteiger partial charge in [-0.1, -0.05) is 18.2 Å². The Kier molecular flexibility index (Phi) is 5.35. The normalized spacial score (nSPS) is 23.6. The number of benzene rings is 1. The Labute approximate surface area is 155 Å². The van der Waals surface area contributed by atoms with Gasteiger partial charge in [0.1, 0.15) is 0 Å². The minimum Gasteiger partial charge on any atom is -0.481 e. The van der Waals surface area contributed by atoms with Crippen molar-refractivity contribution in [3.8, 4) is 0 Å². The molecule has 1 aromatic rings. The highest BCUT2D eigenvalue weighted by atomic mass is 19.4. The molecule has 0 aromatic heterocycles. The van der Waals surface area contributed by atoms with Gasteiger partial charge in [0, 0.05) is 13.1 Å². The zero-order valence-electron chi connectivity index (χ0n) is 15.1. The van der Waals surface area contributed by atoms with Crippen LogP contribution in [0.2, 0.25) is 0 Å². The van der Waals surface area contributed by atoms with Crippen molar-refractivity contribution in [2.24, 2.45) is 11.8 Å². The smallest absolute Gasteiger partial charge is 0.394 e. The highest BCUT2D eigenvalue weighted by Gasteiger charge is 2.53. The monoisotopic (exact) mass is 384 g/mol. The second kappa shape index (κ2) is 7.40. The van der Waals surface area contributed by atoms with E-state index >= 15 is 0 Å². The van der Waals surface area contributed by atoms with E-state index in [-0.39, 0.29) is 6.04 Å². The molecule has 0 bridgehead atoms. The topological polar surface area (TPSA) is 69.6 Å². The highest BCUT2D eigenvalue weighted by molar-refractivity contribution is 5.78. The van der Waals surface area contributed by atoms with E-state index < -0.39 is 43.1 Å². The Hall–Kier alpha value is -2.25. The molecular formula is C19H23F3N2O3. The molecule has 2 amide bonds. The van der Waals surface area contributed by atoms with Crippen molar-refractivity contribution >= 4 is 12.0 Å². The Balaban J connectivity index is 1.67. The zero-order valence-corrected chi connectivity index (χ0v) is 15.1. The van der Waals surface area contributed by atoms with Gasteiger partial charge in [0.15, 0.2) is 0 Å². The van der Waals surface area contributed by atoms with E-state index in [1.165, 1.54) is 17.5 Å². The molecule has 8 heteroatoms. The molecule has 1 aliphatic carbocycles. The summed E-state index contributed by atoms with van der Waals surface area (Å²) in [6.07, 6.45) is -0.329. The first-order chi connectivity index (χ1) is 12.7. The van der Waals surface area contributed by atoms with E-state index in [1.807, 2.05) is 18.2 Å². The Morgan fingerprint density at radius 1 is 1.19 bits per heavy atom. The van der Waals surface area contributed by atoms with Crippen LogP contribution >= 0.6 is 0 Å². The molecule has 3 atom stereocenters. The number of carboxylic acid groups (broad SMARTS) is 1. The number of nitrogens with one attached hydrogen (secondary N) is 1. The number of urea groups is 1. The lowest BCUT2D eigenvalue weighted by atomic mass is 9.89. The highest BCUT2D eigenvalue weighted by Crippen LogP contribution is 2.37. The molecule has 27 heavy (non-hydrogen) atoms. The maximum Gasteiger partial charge on any atom is 0.394 e. The van der Waals surface area contributed by atoms with E-state index in [0.717, 1.165) is 29.7 Å². The first kappa shape index (κ1) is 19.5. The lowest BCUT2D eigenvalue weighted by Gasteiger charge is -2.23. The van der Waals surface area contributed by atoms with Crippen molar-refractivity contribution in [3.63, 3.8) is 0 Å². The second-order valence-corrected chi connectivity index (χ2v) is 7.40. The summed E-state index contributed by atoms with van der Waals surface area (Å²) in [5, 5.41) is 11.8. The van der Waals surface area contributed by atoms with E-state index in [0.29, 0.717) is 0 Å². The molecule has 1 aromatic carbocycles. The van der Waals surface area contributed by atoms with Crippen molar-refractivity contribution < 1.29 is 27.9 Å². The average molecular weight is 384 g/mol. The van der Waals surface area contributed by atoms with Crippen molar-refractivity contribution in [2.75, 3.05) is 13.1 Å². The lowest BCUT2D eigenvalue weighted by molar-refractivity contribution is -0.187. The number of hydrogen-bond donors (Lipinski definition) is 2. The SMILES string of the molecule is C[C@@H](NC(=O)N1C[C@@H](C(F)(F)F)[C@H](C(=O)O)C1)c1ccc2c(c1)CCCC2. The summed E-state index contributed by atoms with van der Waals surface area (Å²) in [5.74, 6) is -5.20. The van der Waals surface area contributed by atoms with E-state index in [2.05, 4.69) is 5.32 Å². The van der Waals surface area contributed by atoms with Crippen LogP contribution in [-0.4, -0.2) is 41.3 Å². The van der Waals surface area contributed by atoms with Gasteiger partial charge in [-0.2, -0.15) is 13.2 Å². The van der Waals surface area contributed by atoms with Crippen LogP contribution in [0, 0.1) is 11.8 Å². The van der Waals surface area contributed by atoms with Crippen LogP contribution in [0.5, 0.6) is 0 Å². The zero-order chi connectivity index (χ0) is 19.8. The molecule has 1 aliphatic heterocycles. The molecule has 0 saturated carbocycles. The molecule has 2 N–H and O–H groups in total. The standard InChI is InChI=1S/C19H23F3N2O3/c1-11(13-7-6-12-4-2-3-5-14(12)8-13)23-18(27)24-9-15(17(25)26)16(10-24)19(20,21)22/h6-8,11,15-16H,2-5,9-10H2,1H3,(H,23,27)(H,25,26)/t11-,15-,16-/m1/s1. The maximum absolute atomic E-state index is 13.1. The summed E-state index contributed by atoms with van der Waals surface area (Å²) < 4.78 is 39.2. The number of carboxylic acids is 1. The predicted molar refractivity (Wildman–Crippen MR) is 92.3 cm³/mol. The number of alkyl halides is 3. The molecule has 1 heterocycles. The summed E-state index contributed by atoms with van der Waals surface area (Å²) >= 11 is 0. The van der Waals surface area contributed by atoms with E-state index in [4.69, 9.17) is 5.11 Å². The van der Waals surface area contributed by atoms with Crippen LogP contribution < -0.4 is 5.32 Å². The molecule has 0 radical (unpaired) electrons.